The number of benzene rings is 9. The molecule has 0 N–H and O–H groups in total. The predicted octanol–water partition coefficient (Wildman–Crippen LogP) is 14.4. The number of hydrogen-bond acceptors (Lipinski definition) is 2. The minimum absolute atomic E-state index is 0.868. The van der Waals surface area contributed by atoms with Gasteiger partial charge in [0.1, 0.15) is 11.3 Å². The molecule has 0 radical (unpaired) electrons. The predicted molar refractivity (Wildman–Crippen MR) is 220 cm³/mol. The van der Waals surface area contributed by atoms with Crippen molar-refractivity contribution in [1.82, 2.24) is 0 Å². The highest BCUT2D eigenvalue weighted by molar-refractivity contribution is 6.08. The number of para-hydroxylation sites is 1. The van der Waals surface area contributed by atoms with Gasteiger partial charge < -0.3 is 9.32 Å². The zero-order chi connectivity index (χ0) is 34.4. The Hall–Kier alpha value is -6.90. The Kier molecular flexibility index (Phi) is 7.18. The lowest BCUT2D eigenvalue weighted by Crippen LogP contribution is -2.10. The molecule has 2 heteroatoms. The summed E-state index contributed by atoms with van der Waals surface area (Å²) in [6.07, 6.45) is 0. The van der Waals surface area contributed by atoms with E-state index in [0.29, 0.717) is 0 Å². The fourth-order valence-corrected chi connectivity index (χ4v) is 7.69. The van der Waals surface area contributed by atoms with Gasteiger partial charge in [0.15, 0.2) is 0 Å². The van der Waals surface area contributed by atoms with Crippen LogP contribution in [-0.2, 0) is 0 Å². The van der Waals surface area contributed by atoms with E-state index < -0.39 is 0 Å². The number of fused-ring (bicyclic) bond motifs is 5. The summed E-state index contributed by atoms with van der Waals surface area (Å²) >= 11 is 0. The van der Waals surface area contributed by atoms with Gasteiger partial charge in [-0.3, -0.25) is 0 Å². The van der Waals surface area contributed by atoms with Crippen molar-refractivity contribution in [2.45, 2.75) is 0 Å². The maximum atomic E-state index is 6.64. The van der Waals surface area contributed by atoms with E-state index in [-0.39, 0.29) is 0 Å². The first kappa shape index (κ1) is 30.0. The molecule has 0 saturated carbocycles. The monoisotopic (exact) mass is 663 g/mol. The number of rotatable bonds is 6. The highest BCUT2D eigenvalue weighted by Gasteiger charge is 2.20. The first-order chi connectivity index (χ1) is 25.8. The Labute approximate surface area is 302 Å². The summed E-state index contributed by atoms with van der Waals surface area (Å²) in [6, 6.07) is 71.6. The lowest BCUT2D eigenvalue weighted by molar-refractivity contribution is 0.632. The van der Waals surface area contributed by atoms with Crippen LogP contribution < -0.4 is 4.90 Å². The molecule has 0 bridgehead atoms. The van der Waals surface area contributed by atoms with E-state index in [1.54, 1.807) is 0 Å². The van der Waals surface area contributed by atoms with Gasteiger partial charge in [0, 0.05) is 33.6 Å². The lowest BCUT2D eigenvalue weighted by atomic mass is 9.97. The lowest BCUT2D eigenvalue weighted by Gasteiger charge is -2.26. The Morgan fingerprint density at radius 2 is 0.923 bits per heavy atom. The normalized spacial score (nSPS) is 11.5. The molecule has 1 heterocycles. The van der Waals surface area contributed by atoms with Crippen LogP contribution in [0.2, 0.25) is 0 Å². The van der Waals surface area contributed by atoms with Gasteiger partial charge in [-0.15, -0.1) is 0 Å². The second-order valence-electron chi connectivity index (χ2n) is 13.4. The number of nitrogens with zero attached hydrogens (tertiary/aromatic N) is 1. The molecule has 0 aliphatic rings. The van der Waals surface area contributed by atoms with Crippen LogP contribution >= 0.6 is 0 Å². The maximum absolute atomic E-state index is 6.64. The Morgan fingerprint density at radius 1 is 0.308 bits per heavy atom. The average molecular weight is 664 g/mol. The van der Waals surface area contributed by atoms with Crippen molar-refractivity contribution in [3.05, 3.63) is 200 Å². The third kappa shape index (κ3) is 5.21. The summed E-state index contributed by atoms with van der Waals surface area (Å²) in [5.41, 5.74) is 9.76. The molecular weight excluding hydrogens is 631 g/mol. The first-order valence-corrected chi connectivity index (χ1v) is 17.8. The van der Waals surface area contributed by atoms with Crippen molar-refractivity contribution in [1.29, 1.82) is 0 Å². The van der Waals surface area contributed by atoms with E-state index in [2.05, 4.69) is 199 Å². The van der Waals surface area contributed by atoms with Gasteiger partial charge in [-0.05, 0) is 97.5 Å². The Balaban J connectivity index is 1.09. The van der Waals surface area contributed by atoms with Gasteiger partial charge in [0.25, 0.3) is 0 Å². The fraction of sp³-hybridized carbons (Fsp3) is 0. The van der Waals surface area contributed by atoms with E-state index in [4.69, 9.17) is 4.42 Å². The van der Waals surface area contributed by atoms with Crippen molar-refractivity contribution in [2.24, 2.45) is 0 Å². The van der Waals surface area contributed by atoms with Crippen LogP contribution in [-0.4, -0.2) is 0 Å². The summed E-state index contributed by atoms with van der Waals surface area (Å²) < 4.78 is 6.64. The largest absolute Gasteiger partial charge is 0.455 e. The Morgan fingerprint density at radius 3 is 1.79 bits per heavy atom. The molecule has 0 aliphatic heterocycles. The molecule has 52 heavy (non-hydrogen) atoms. The van der Waals surface area contributed by atoms with Crippen molar-refractivity contribution in [2.75, 3.05) is 4.90 Å². The zero-order valence-electron chi connectivity index (χ0n) is 28.4. The third-order valence-corrected chi connectivity index (χ3v) is 10.2. The molecule has 0 unspecified atom stereocenters. The number of anilines is 3. The molecule has 244 valence electrons. The fourth-order valence-electron chi connectivity index (χ4n) is 7.69. The standard InChI is InChI=1S/C50H33NO/c1-2-13-37(14-3-1)49-47-19-8-9-20-48(47)52-50(49)41-16-10-17-43(33-41)51(44-29-25-34-11-4-5-15-38(34)32-44)42-27-23-35(24-28-42)39-26-30-46-40(31-39)22-21-36-12-6-7-18-45(36)46/h1-33H. The van der Waals surface area contributed by atoms with Gasteiger partial charge in [-0.1, -0.05) is 152 Å². The average Bonchev–Trinajstić information content (AvgIpc) is 3.61. The molecular formula is C50H33NO. The summed E-state index contributed by atoms with van der Waals surface area (Å²) in [5, 5.41) is 8.60. The smallest absolute Gasteiger partial charge is 0.143 e. The second-order valence-corrected chi connectivity index (χ2v) is 13.4. The van der Waals surface area contributed by atoms with Gasteiger partial charge in [-0.2, -0.15) is 0 Å². The van der Waals surface area contributed by atoms with Crippen LogP contribution in [0.4, 0.5) is 17.1 Å². The van der Waals surface area contributed by atoms with E-state index in [1.807, 2.05) is 6.07 Å². The summed E-state index contributed by atoms with van der Waals surface area (Å²) in [7, 11) is 0. The molecule has 0 amide bonds. The van der Waals surface area contributed by atoms with Gasteiger partial charge in [-0.25, -0.2) is 0 Å². The molecule has 9 aromatic carbocycles. The van der Waals surface area contributed by atoms with Crippen molar-refractivity contribution < 1.29 is 4.42 Å². The van der Waals surface area contributed by atoms with Gasteiger partial charge in [0.05, 0.1) is 0 Å². The molecule has 0 spiro atoms. The van der Waals surface area contributed by atoms with E-state index in [0.717, 1.165) is 50.5 Å². The maximum Gasteiger partial charge on any atom is 0.143 e. The third-order valence-electron chi connectivity index (χ3n) is 10.2. The quantitative estimate of drug-likeness (QED) is 0.165. The highest BCUT2D eigenvalue weighted by Crippen LogP contribution is 2.44. The summed E-state index contributed by atoms with van der Waals surface area (Å²) in [4.78, 5) is 2.34. The molecule has 10 aromatic rings. The van der Waals surface area contributed by atoms with Crippen LogP contribution in [0.5, 0.6) is 0 Å². The molecule has 0 saturated heterocycles. The van der Waals surface area contributed by atoms with Crippen LogP contribution in [0.1, 0.15) is 0 Å². The highest BCUT2D eigenvalue weighted by atomic mass is 16.3. The van der Waals surface area contributed by atoms with E-state index in [1.165, 1.54) is 43.4 Å². The number of hydrogen-bond donors (Lipinski definition) is 0. The second kappa shape index (κ2) is 12.5. The topological polar surface area (TPSA) is 16.4 Å². The van der Waals surface area contributed by atoms with Crippen LogP contribution in [0.25, 0.3) is 76.9 Å². The van der Waals surface area contributed by atoms with Crippen LogP contribution in [0.15, 0.2) is 205 Å². The molecule has 10 rings (SSSR count). The summed E-state index contributed by atoms with van der Waals surface area (Å²) in [6.45, 7) is 0. The van der Waals surface area contributed by atoms with Crippen molar-refractivity contribution in [3.63, 3.8) is 0 Å². The van der Waals surface area contributed by atoms with Crippen molar-refractivity contribution in [3.8, 4) is 33.6 Å². The molecule has 0 atom stereocenters. The minimum atomic E-state index is 0.868. The molecule has 0 fully saturated rings. The Bertz CT molecular complexity index is 2900. The van der Waals surface area contributed by atoms with Gasteiger partial charge >= 0.3 is 0 Å². The SMILES string of the molecule is c1ccc(-c2c(-c3cccc(N(c4ccc(-c5ccc6c(ccc7ccccc76)c5)cc4)c4ccc5ccccc5c4)c3)oc3ccccc23)cc1. The van der Waals surface area contributed by atoms with Crippen molar-refractivity contribution >= 4 is 60.3 Å². The van der Waals surface area contributed by atoms with E-state index >= 15 is 0 Å². The first-order valence-electron chi connectivity index (χ1n) is 17.8. The molecule has 1 aromatic heterocycles. The minimum Gasteiger partial charge on any atom is -0.455 e. The van der Waals surface area contributed by atoms with E-state index in [9.17, 15) is 0 Å². The van der Waals surface area contributed by atoms with Crippen LogP contribution in [0.3, 0.4) is 0 Å². The van der Waals surface area contributed by atoms with Gasteiger partial charge in [0.2, 0.25) is 0 Å². The zero-order valence-corrected chi connectivity index (χ0v) is 28.4. The molecule has 0 aliphatic carbocycles. The number of furan rings is 1. The summed E-state index contributed by atoms with van der Waals surface area (Å²) in [5.74, 6) is 0.868. The molecule has 2 nitrogen and oxygen atoms in total. The van der Waals surface area contributed by atoms with Crippen LogP contribution in [0, 0.1) is 0 Å².